The number of aromatic amines is 2. The van der Waals surface area contributed by atoms with Gasteiger partial charge in [-0.05, 0) is 71.3 Å². The highest BCUT2D eigenvalue weighted by Crippen LogP contribution is 2.35. The van der Waals surface area contributed by atoms with Gasteiger partial charge in [-0.2, -0.15) is 5.10 Å². The summed E-state index contributed by atoms with van der Waals surface area (Å²) in [7, 11) is 0. The Hall–Kier alpha value is -5.56. The molecule has 3 aromatic carbocycles. The van der Waals surface area contributed by atoms with Crippen molar-refractivity contribution in [1.82, 2.24) is 25.1 Å². The van der Waals surface area contributed by atoms with Crippen LogP contribution in [0.25, 0.3) is 55.4 Å². The van der Waals surface area contributed by atoms with Gasteiger partial charge >= 0.3 is 0 Å². The van der Waals surface area contributed by atoms with E-state index in [1.54, 1.807) is 36.9 Å². The zero-order valence-electron chi connectivity index (χ0n) is 20.7. The zero-order chi connectivity index (χ0) is 26.2. The number of anilines is 1. The van der Waals surface area contributed by atoms with Crippen LogP contribution in [0.3, 0.4) is 0 Å². The lowest BCUT2D eigenvalue weighted by atomic mass is 10.0. The van der Waals surface area contributed by atoms with Crippen LogP contribution in [0, 0.1) is 0 Å². The molecule has 3 N–H and O–H groups in total. The number of carbonyl (C=O) groups excluding carboxylic acids is 1. The van der Waals surface area contributed by atoms with Crippen LogP contribution >= 0.6 is 0 Å². The molecule has 7 rings (SSSR count). The number of nitrogens with zero attached hydrogens (tertiary/aromatic N) is 3. The lowest BCUT2D eigenvalue weighted by Gasteiger charge is -2.08. The van der Waals surface area contributed by atoms with E-state index in [4.69, 9.17) is 0 Å². The van der Waals surface area contributed by atoms with Crippen LogP contribution in [-0.4, -0.2) is 31.1 Å². The molecule has 0 fully saturated rings. The first-order valence-electron chi connectivity index (χ1n) is 12.6. The number of hydrogen-bond donors (Lipinski definition) is 3. The van der Waals surface area contributed by atoms with Crippen LogP contribution in [0.2, 0.25) is 0 Å². The van der Waals surface area contributed by atoms with E-state index in [0.717, 1.165) is 55.4 Å². The van der Waals surface area contributed by atoms with Crippen molar-refractivity contribution in [2.75, 3.05) is 5.32 Å². The van der Waals surface area contributed by atoms with E-state index in [1.165, 1.54) is 0 Å². The molecule has 0 saturated carbocycles. The minimum atomic E-state index is -0.174. The predicted octanol–water partition coefficient (Wildman–Crippen LogP) is 7.09. The second kappa shape index (κ2) is 9.39. The van der Waals surface area contributed by atoms with Gasteiger partial charge in [0.1, 0.15) is 5.69 Å². The molecule has 0 radical (unpaired) electrons. The van der Waals surface area contributed by atoms with Gasteiger partial charge in [-0.3, -0.25) is 19.9 Å². The van der Waals surface area contributed by atoms with Crippen molar-refractivity contribution in [3.8, 4) is 33.6 Å². The molecule has 0 aliphatic heterocycles. The largest absolute Gasteiger partial charge is 0.353 e. The van der Waals surface area contributed by atoms with Gasteiger partial charge in [0.15, 0.2) is 0 Å². The molecule has 0 atom stereocenters. The lowest BCUT2D eigenvalue weighted by molar-refractivity contribution is 0.102. The fourth-order valence-corrected chi connectivity index (χ4v) is 4.92. The monoisotopic (exact) mass is 506 g/mol. The third-order valence-corrected chi connectivity index (χ3v) is 6.84. The quantitative estimate of drug-likeness (QED) is 0.232. The van der Waals surface area contributed by atoms with Crippen molar-refractivity contribution in [2.45, 2.75) is 0 Å². The molecule has 0 bridgehead atoms. The minimum Gasteiger partial charge on any atom is -0.353 e. The Morgan fingerprint density at radius 2 is 1.56 bits per heavy atom. The summed E-state index contributed by atoms with van der Waals surface area (Å²) in [4.78, 5) is 24.7. The van der Waals surface area contributed by atoms with Gasteiger partial charge in [-0.25, -0.2) is 0 Å². The second-order valence-corrected chi connectivity index (χ2v) is 9.30. The Morgan fingerprint density at radius 1 is 0.692 bits per heavy atom. The number of fused-ring (bicyclic) bond motifs is 2. The number of nitrogens with one attached hydrogen (secondary N) is 3. The van der Waals surface area contributed by atoms with Crippen molar-refractivity contribution in [3.63, 3.8) is 0 Å². The van der Waals surface area contributed by atoms with Crippen molar-refractivity contribution >= 4 is 33.4 Å². The van der Waals surface area contributed by atoms with Crippen LogP contribution in [0.5, 0.6) is 0 Å². The maximum absolute atomic E-state index is 12.6. The van der Waals surface area contributed by atoms with E-state index in [2.05, 4.69) is 60.8 Å². The maximum atomic E-state index is 12.6. The summed E-state index contributed by atoms with van der Waals surface area (Å²) in [5.74, 6) is -0.174. The van der Waals surface area contributed by atoms with Gasteiger partial charge in [-0.1, -0.05) is 36.4 Å². The topological polar surface area (TPSA) is 99.3 Å². The molecular weight excluding hydrogens is 484 g/mol. The minimum absolute atomic E-state index is 0.174. The molecule has 39 heavy (non-hydrogen) atoms. The van der Waals surface area contributed by atoms with Crippen LogP contribution < -0.4 is 5.32 Å². The third kappa shape index (κ3) is 4.22. The smallest absolute Gasteiger partial charge is 0.255 e. The SMILES string of the molecule is O=C(Nc1cncc(-c2ccc3[nH]nc(-c4cc5c(-c6ccncc6)cccc5[nH]4)c3c2)c1)c1ccccc1. The van der Waals surface area contributed by atoms with Gasteiger partial charge < -0.3 is 10.3 Å². The molecule has 186 valence electrons. The molecule has 0 aliphatic rings. The van der Waals surface area contributed by atoms with Crippen LogP contribution in [0.15, 0.2) is 116 Å². The first kappa shape index (κ1) is 22.6. The second-order valence-electron chi connectivity index (χ2n) is 9.30. The van der Waals surface area contributed by atoms with Gasteiger partial charge in [0, 0.05) is 46.0 Å². The summed E-state index contributed by atoms with van der Waals surface area (Å²) in [6.07, 6.45) is 7.06. The van der Waals surface area contributed by atoms with Crippen LogP contribution in [-0.2, 0) is 0 Å². The summed E-state index contributed by atoms with van der Waals surface area (Å²) in [5.41, 5.74) is 9.09. The first-order valence-corrected chi connectivity index (χ1v) is 12.6. The molecular formula is C32H22N6O. The Morgan fingerprint density at radius 3 is 2.44 bits per heavy atom. The van der Waals surface area contributed by atoms with Gasteiger partial charge in [-0.15, -0.1) is 0 Å². The zero-order valence-corrected chi connectivity index (χ0v) is 20.7. The number of H-pyrrole nitrogens is 2. The number of aromatic nitrogens is 5. The average Bonchev–Trinajstić information content (AvgIpc) is 3.62. The fraction of sp³-hybridized carbons (Fsp3) is 0. The van der Waals surface area contributed by atoms with Crippen LogP contribution in [0.4, 0.5) is 5.69 Å². The van der Waals surface area contributed by atoms with Crippen molar-refractivity contribution < 1.29 is 4.79 Å². The molecule has 7 heteroatoms. The van der Waals surface area contributed by atoms with Gasteiger partial charge in [0.25, 0.3) is 5.91 Å². The van der Waals surface area contributed by atoms with Gasteiger partial charge in [0.05, 0.1) is 23.1 Å². The van der Waals surface area contributed by atoms with Crippen molar-refractivity contribution in [1.29, 1.82) is 0 Å². The molecule has 0 aliphatic carbocycles. The summed E-state index contributed by atoms with van der Waals surface area (Å²) in [6.45, 7) is 0. The number of hydrogen-bond acceptors (Lipinski definition) is 4. The Balaban J connectivity index is 1.25. The fourth-order valence-electron chi connectivity index (χ4n) is 4.92. The molecule has 4 heterocycles. The standard InChI is InChI=1S/C32H22N6O/c39-32(21-5-2-1-3-6-21)35-24-15-23(18-34-19-24)22-9-10-29-27(16-22)31(38-37-29)30-17-26-25(7-4-8-28(26)36-30)20-11-13-33-14-12-20/h1-19,36H,(H,35,39)(H,37,38). The van der Waals surface area contributed by atoms with E-state index in [9.17, 15) is 4.79 Å². The van der Waals surface area contributed by atoms with Crippen molar-refractivity contribution in [3.05, 3.63) is 121 Å². The molecule has 0 unspecified atom stereocenters. The Kier molecular flexibility index (Phi) is 5.45. The number of pyridine rings is 2. The number of amides is 1. The molecule has 0 spiro atoms. The van der Waals surface area contributed by atoms with E-state index >= 15 is 0 Å². The highest BCUT2D eigenvalue weighted by Gasteiger charge is 2.15. The molecule has 7 aromatic rings. The van der Waals surface area contributed by atoms with Crippen molar-refractivity contribution in [2.24, 2.45) is 0 Å². The predicted molar refractivity (Wildman–Crippen MR) is 154 cm³/mol. The maximum Gasteiger partial charge on any atom is 0.255 e. The summed E-state index contributed by atoms with van der Waals surface area (Å²) in [6, 6.07) is 29.6. The number of benzene rings is 3. The summed E-state index contributed by atoms with van der Waals surface area (Å²) < 4.78 is 0. The van der Waals surface area contributed by atoms with Gasteiger partial charge in [0.2, 0.25) is 0 Å². The average molecular weight is 507 g/mol. The highest BCUT2D eigenvalue weighted by molar-refractivity contribution is 6.05. The van der Waals surface area contributed by atoms with E-state index < -0.39 is 0 Å². The summed E-state index contributed by atoms with van der Waals surface area (Å²) >= 11 is 0. The molecule has 0 saturated heterocycles. The van der Waals surface area contributed by atoms with E-state index in [1.807, 2.05) is 48.5 Å². The Labute approximate surface area is 223 Å². The van der Waals surface area contributed by atoms with Crippen LogP contribution in [0.1, 0.15) is 10.4 Å². The first-order chi connectivity index (χ1) is 19.2. The van der Waals surface area contributed by atoms with E-state index in [-0.39, 0.29) is 5.91 Å². The molecule has 7 nitrogen and oxygen atoms in total. The molecule has 4 aromatic heterocycles. The normalized spacial score (nSPS) is 11.2. The Bertz CT molecular complexity index is 1960. The molecule has 1 amide bonds. The highest BCUT2D eigenvalue weighted by atomic mass is 16.1. The lowest BCUT2D eigenvalue weighted by Crippen LogP contribution is -2.11. The number of carbonyl (C=O) groups is 1. The van der Waals surface area contributed by atoms with E-state index in [0.29, 0.717) is 11.3 Å². The number of rotatable bonds is 5. The third-order valence-electron chi connectivity index (χ3n) is 6.84. The summed E-state index contributed by atoms with van der Waals surface area (Å²) in [5, 5.41) is 12.9.